The van der Waals surface area contributed by atoms with E-state index in [-0.39, 0.29) is 42.3 Å². The van der Waals surface area contributed by atoms with E-state index in [1.807, 2.05) is 29.2 Å². The Morgan fingerprint density at radius 2 is 1.84 bits per heavy atom. The molecule has 1 N–H and O–H groups in total. The van der Waals surface area contributed by atoms with Gasteiger partial charge in [0.15, 0.2) is 0 Å². The molecule has 1 aliphatic carbocycles. The second kappa shape index (κ2) is 9.44. The Morgan fingerprint density at radius 3 is 2.52 bits per heavy atom. The van der Waals surface area contributed by atoms with Gasteiger partial charge < -0.3 is 19.9 Å². The van der Waals surface area contributed by atoms with E-state index in [0.717, 1.165) is 18.8 Å². The van der Waals surface area contributed by atoms with Crippen molar-refractivity contribution < 1.29 is 19.1 Å². The van der Waals surface area contributed by atoms with E-state index in [1.165, 1.54) is 4.90 Å². The third-order valence-corrected chi connectivity index (χ3v) is 6.89. The van der Waals surface area contributed by atoms with Gasteiger partial charge in [0, 0.05) is 56.0 Å². The molecule has 3 fully saturated rings. The van der Waals surface area contributed by atoms with Crippen molar-refractivity contribution in [1.29, 1.82) is 0 Å². The lowest BCUT2D eigenvalue weighted by molar-refractivity contribution is -0.143. The van der Waals surface area contributed by atoms with Crippen molar-refractivity contribution >= 4 is 35.1 Å². The van der Waals surface area contributed by atoms with Crippen LogP contribution < -0.4 is 10.2 Å². The Kier molecular flexibility index (Phi) is 6.67. The van der Waals surface area contributed by atoms with Crippen LogP contribution in [0.4, 0.5) is 10.5 Å². The van der Waals surface area contributed by atoms with Crippen LogP contribution in [0.15, 0.2) is 24.3 Å². The molecule has 3 atom stereocenters. The Hall–Kier alpha value is -2.32. The SMILES string of the molecule is COCCN1C(=O)NC2CC(C(=O)N3CCN(c4ccc(Cl)cc4)CC3)CCC2C1=O. The zero-order chi connectivity index (χ0) is 22.0. The third-order valence-electron chi connectivity index (χ3n) is 6.64. The smallest absolute Gasteiger partial charge is 0.324 e. The number of nitrogens with one attached hydrogen (secondary N) is 1. The number of piperazine rings is 1. The fraction of sp³-hybridized carbons (Fsp3) is 0.591. The maximum absolute atomic E-state index is 13.1. The number of hydrogen-bond donors (Lipinski definition) is 1. The molecule has 9 heteroatoms. The number of benzene rings is 1. The Morgan fingerprint density at radius 1 is 1.13 bits per heavy atom. The second-order valence-corrected chi connectivity index (χ2v) is 8.88. The van der Waals surface area contributed by atoms with Crippen molar-refractivity contribution in [3.8, 4) is 0 Å². The first-order chi connectivity index (χ1) is 15.0. The monoisotopic (exact) mass is 448 g/mol. The summed E-state index contributed by atoms with van der Waals surface area (Å²) in [5.41, 5.74) is 1.11. The van der Waals surface area contributed by atoms with Crippen LogP contribution in [0.25, 0.3) is 0 Å². The number of nitrogens with zero attached hydrogens (tertiary/aromatic N) is 3. The third kappa shape index (κ3) is 4.65. The van der Waals surface area contributed by atoms with Crippen molar-refractivity contribution in [2.75, 3.05) is 51.3 Å². The van der Waals surface area contributed by atoms with Crippen LogP contribution in [0, 0.1) is 11.8 Å². The molecule has 1 saturated carbocycles. The van der Waals surface area contributed by atoms with Crippen LogP contribution >= 0.6 is 11.6 Å². The normalized spacial score (nSPS) is 26.5. The predicted molar refractivity (Wildman–Crippen MR) is 117 cm³/mol. The fourth-order valence-corrected chi connectivity index (χ4v) is 5.00. The zero-order valence-electron chi connectivity index (χ0n) is 17.8. The molecule has 2 heterocycles. The molecule has 2 aliphatic heterocycles. The first kappa shape index (κ1) is 21.9. The molecule has 2 saturated heterocycles. The molecule has 0 bridgehead atoms. The zero-order valence-corrected chi connectivity index (χ0v) is 18.5. The molecule has 0 radical (unpaired) electrons. The van der Waals surface area contributed by atoms with E-state index >= 15 is 0 Å². The van der Waals surface area contributed by atoms with Gasteiger partial charge in [0.1, 0.15) is 0 Å². The Labute approximate surface area is 187 Å². The van der Waals surface area contributed by atoms with E-state index in [4.69, 9.17) is 16.3 Å². The highest BCUT2D eigenvalue weighted by atomic mass is 35.5. The van der Waals surface area contributed by atoms with E-state index in [0.29, 0.717) is 44.0 Å². The largest absolute Gasteiger partial charge is 0.383 e. The molecule has 1 aromatic carbocycles. The summed E-state index contributed by atoms with van der Waals surface area (Å²) in [5.74, 6) is -0.409. The number of carbonyl (C=O) groups excluding carboxylic acids is 3. The average Bonchev–Trinajstić information content (AvgIpc) is 2.79. The summed E-state index contributed by atoms with van der Waals surface area (Å²) in [7, 11) is 1.54. The number of imide groups is 1. The van der Waals surface area contributed by atoms with Crippen molar-refractivity contribution in [1.82, 2.24) is 15.1 Å². The van der Waals surface area contributed by atoms with Crippen LogP contribution in [-0.4, -0.2) is 80.1 Å². The molecule has 168 valence electrons. The summed E-state index contributed by atoms with van der Waals surface area (Å²) in [6.07, 6.45) is 1.82. The number of hydrogen-bond acceptors (Lipinski definition) is 5. The van der Waals surface area contributed by atoms with Crippen molar-refractivity contribution in [3.05, 3.63) is 29.3 Å². The van der Waals surface area contributed by atoms with Gasteiger partial charge in [-0.1, -0.05) is 11.6 Å². The van der Waals surface area contributed by atoms with Gasteiger partial charge in [-0.2, -0.15) is 0 Å². The van der Waals surface area contributed by atoms with Crippen LogP contribution in [0.3, 0.4) is 0 Å². The molecule has 3 unspecified atom stereocenters. The molecule has 0 spiro atoms. The number of fused-ring (bicyclic) bond motifs is 1. The van der Waals surface area contributed by atoms with Crippen LogP contribution in [0.1, 0.15) is 19.3 Å². The predicted octanol–water partition coefficient (Wildman–Crippen LogP) is 1.97. The van der Waals surface area contributed by atoms with E-state index in [1.54, 1.807) is 7.11 Å². The quantitative estimate of drug-likeness (QED) is 0.744. The first-order valence-electron chi connectivity index (χ1n) is 10.9. The lowest BCUT2D eigenvalue weighted by Gasteiger charge is -2.43. The Balaban J connectivity index is 1.31. The van der Waals surface area contributed by atoms with Gasteiger partial charge >= 0.3 is 6.03 Å². The maximum atomic E-state index is 13.1. The molecular formula is C22H29ClN4O4. The van der Waals surface area contributed by atoms with Crippen molar-refractivity contribution in [2.45, 2.75) is 25.3 Å². The van der Waals surface area contributed by atoms with Gasteiger partial charge in [-0.25, -0.2) is 4.79 Å². The van der Waals surface area contributed by atoms with Crippen LogP contribution in [-0.2, 0) is 14.3 Å². The van der Waals surface area contributed by atoms with Gasteiger partial charge in [0.2, 0.25) is 11.8 Å². The molecule has 8 nitrogen and oxygen atoms in total. The highest BCUT2D eigenvalue weighted by Crippen LogP contribution is 2.34. The Bertz CT molecular complexity index is 825. The lowest BCUT2D eigenvalue weighted by Crippen LogP contribution is -2.62. The molecular weight excluding hydrogens is 420 g/mol. The summed E-state index contributed by atoms with van der Waals surface area (Å²) in [5, 5.41) is 3.66. The van der Waals surface area contributed by atoms with Crippen molar-refractivity contribution in [3.63, 3.8) is 0 Å². The van der Waals surface area contributed by atoms with E-state index in [9.17, 15) is 14.4 Å². The average molecular weight is 449 g/mol. The number of anilines is 1. The summed E-state index contributed by atoms with van der Waals surface area (Å²) < 4.78 is 5.00. The number of methoxy groups -OCH3 is 1. The number of urea groups is 1. The summed E-state index contributed by atoms with van der Waals surface area (Å²) in [6, 6.07) is 7.11. The van der Waals surface area contributed by atoms with Crippen LogP contribution in [0.5, 0.6) is 0 Å². The highest BCUT2D eigenvalue weighted by Gasteiger charge is 2.45. The van der Waals surface area contributed by atoms with Crippen LogP contribution in [0.2, 0.25) is 5.02 Å². The summed E-state index contributed by atoms with van der Waals surface area (Å²) in [6.45, 7) is 3.46. The number of rotatable bonds is 5. The lowest BCUT2D eigenvalue weighted by atomic mass is 9.76. The summed E-state index contributed by atoms with van der Waals surface area (Å²) >= 11 is 5.97. The highest BCUT2D eigenvalue weighted by molar-refractivity contribution is 6.30. The molecule has 0 aromatic heterocycles. The van der Waals surface area contributed by atoms with Gasteiger partial charge in [-0.3, -0.25) is 14.5 Å². The minimum atomic E-state index is -0.382. The van der Waals surface area contributed by atoms with Gasteiger partial charge in [0.05, 0.1) is 19.1 Å². The number of carbonyl (C=O) groups is 3. The second-order valence-electron chi connectivity index (χ2n) is 8.44. The molecule has 1 aromatic rings. The van der Waals surface area contributed by atoms with Gasteiger partial charge in [-0.05, 0) is 43.5 Å². The molecule has 31 heavy (non-hydrogen) atoms. The first-order valence-corrected chi connectivity index (χ1v) is 11.3. The number of halogens is 1. The van der Waals surface area contributed by atoms with Crippen molar-refractivity contribution in [2.24, 2.45) is 11.8 Å². The number of ether oxygens (including phenoxy) is 1. The molecule has 3 aliphatic rings. The van der Waals surface area contributed by atoms with Gasteiger partial charge in [0.25, 0.3) is 0 Å². The van der Waals surface area contributed by atoms with Gasteiger partial charge in [-0.15, -0.1) is 0 Å². The van der Waals surface area contributed by atoms with E-state index < -0.39 is 0 Å². The fourth-order valence-electron chi connectivity index (χ4n) is 4.88. The molecule has 4 amide bonds. The minimum Gasteiger partial charge on any atom is -0.383 e. The standard InChI is InChI=1S/C22H29ClN4O4/c1-31-13-12-27-21(29)18-7-2-15(14-19(18)24-22(27)30)20(28)26-10-8-25(9-11-26)17-5-3-16(23)4-6-17/h3-6,15,18-19H,2,7-14H2,1H3,(H,24,30). The summed E-state index contributed by atoms with van der Waals surface area (Å²) in [4.78, 5) is 43.7. The van der Waals surface area contributed by atoms with E-state index in [2.05, 4.69) is 10.2 Å². The topological polar surface area (TPSA) is 82.2 Å². The molecule has 4 rings (SSSR count). The number of amides is 4. The minimum absolute atomic E-state index is 0.137. The maximum Gasteiger partial charge on any atom is 0.324 e.